The fraction of sp³-hybridized carbons (Fsp3) is 0.368. The molecule has 0 fully saturated rings. The van der Waals surface area contributed by atoms with Crippen molar-refractivity contribution < 1.29 is 9.84 Å². The Morgan fingerprint density at radius 3 is 2.10 bits per heavy atom. The molecule has 1 N–H and O–H groups in total. The van der Waals surface area contributed by atoms with Crippen molar-refractivity contribution in [2.45, 2.75) is 39.2 Å². The summed E-state index contributed by atoms with van der Waals surface area (Å²) in [4.78, 5) is 0. The second-order valence-electron chi connectivity index (χ2n) is 5.32. The molecule has 1 unspecified atom stereocenters. The number of aliphatic hydroxyl groups is 1. The Kier molecular flexibility index (Phi) is 5.82. The van der Waals surface area contributed by atoms with Crippen LogP contribution >= 0.6 is 0 Å². The summed E-state index contributed by atoms with van der Waals surface area (Å²) in [6.07, 6.45) is 2.65. The molecule has 0 amide bonds. The zero-order valence-corrected chi connectivity index (χ0v) is 12.9. The zero-order chi connectivity index (χ0) is 15.1. The fourth-order valence-electron chi connectivity index (χ4n) is 2.29. The Morgan fingerprint density at radius 1 is 0.905 bits per heavy atom. The molecular formula is C19H24O2. The second kappa shape index (κ2) is 7.84. The third kappa shape index (κ3) is 4.61. The first-order valence-corrected chi connectivity index (χ1v) is 7.71. The van der Waals surface area contributed by atoms with Gasteiger partial charge in [0.2, 0.25) is 0 Å². The van der Waals surface area contributed by atoms with E-state index >= 15 is 0 Å². The number of hydrogen-bond acceptors (Lipinski definition) is 2. The SMILES string of the molecule is CCCc1ccc(OCC(O)c2ccc(CC)cc2)cc1. The average Bonchev–Trinajstić information content (AvgIpc) is 2.54. The van der Waals surface area contributed by atoms with Gasteiger partial charge in [-0.2, -0.15) is 0 Å². The minimum atomic E-state index is -0.591. The maximum Gasteiger partial charge on any atom is 0.119 e. The third-order valence-corrected chi connectivity index (χ3v) is 3.64. The molecule has 2 nitrogen and oxygen atoms in total. The monoisotopic (exact) mass is 284 g/mol. The van der Waals surface area contributed by atoms with Crippen molar-refractivity contribution in [1.82, 2.24) is 0 Å². The minimum absolute atomic E-state index is 0.276. The van der Waals surface area contributed by atoms with E-state index in [4.69, 9.17) is 4.74 Å². The first kappa shape index (κ1) is 15.6. The minimum Gasteiger partial charge on any atom is -0.491 e. The van der Waals surface area contributed by atoms with Crippen LogP contribution in [0.15, 0.2) is 48.5 Å². The fourth-order valence-corrected chi connectivity index (χ4v) is 2.29. The van der Waals surface area contributed by atoms with Crippen molar-refractivity contribution >= 4 is 0 Å². The summed E-state index contributed by atoms with van der Waals surface area (Å²) in [6, 6.07) is 16.2. The lowest BCUT2D eigenvalue weighted by atomic mass is 10.1. The maximum absolute atomic E-state index is 10.2. The van der Waals surface area contributed by atoms with E-state index in [1.807, 2.05) is 24.3 Å². The number of rotatable bonds is 7. The normalized spacial score (nSPS) is 12.1. The van der Waals surface area contributed by atoms with Gasteiger partial charge in [0.15, 0.2) is 0 Å². The van der Waals surface area contributed by atoms with E-state index in [0.717, 1.165) is 30.6 Å². The van der Waals surface area contributed by atoms with Crippen molar-refractivity contribution in [3.63, 3.8) is 0 Å². The lowest BCUT2D eigenvalue weighted by Crippen LogP contribution is -2.09. The van der Waals surface area contributed by atoms with Crippen molar-refractivity contribution in [3.8, 4) is 5.75 Å². The molecule has 2 aromatic carbocycles. The number of ether oxygens (including phenoxy) is 1. The molecule has 0 aliphatic rings. The lowest BCUT2D eigenvalue weighted by Gasteiger charge is -2.13. The van der Waals surface area contributed by atoms with Crippen molar-refractivity contribution in [2.24, 2.45) is 0 Å². The van der Waals surface area contributed by atoms with Gasteiger partial charge in [-0.05, 0) is 41.7 Å². The summed E-state index contributed by atoms with van der Waals surface area (Å²) in [5.41, 5.74) is 3.49. The summed E-state index contributed by atoms with van der Waals surface area (Å²) in [6.45, 7) is 4.57. The van der Waals surface area contributed by atoms with E-state index in [0.29, 0.717) is 0 Å². The lowest BCUT2D eigenvalue weighted by molar-refractivity contribution is 0.108. The van der Waals surface area contributed by atoms with Crippen molar-refractivity contribution in [2.75, 3.05) is 6.61 Å². The van der Waals surface area contributed by atoms with Gasteiger partial charge < -0.3 is 9.84 Å². The van der Waals surface area contributed by atoms with E-state index in [-0.39, 0.29) is 6.61 Å². The highest BCUT2D eigenvalue weighted by Gasteiger charge is 2.08. The van der Waals surface area contributed by atoms with Crippen LogP contribution in [0.25, 0.3) is 0 Å². The third-order valence-electron chi connectivity index (χ3n) is 3.64. The Labute approximate surface area is 127 Å². The van der Waals surface area contributed by atoms with E-state index in [2.05, 4.69) is 38.1 Å². The Hall–Kier alpha value is -1.80. The van der Waals surface area contributed by atoms with Crippen LogP contribution < -0.4 is 4.74 Å². The van der Waals surface area contributed by atoms with Crippen molar-refractivity contribution in [3.05, 3.63) is 65.2 Å². The smallest absolute Gasteiger partial charge is 0.119 e. The molecule has 0 radical (unpaired) electrons. The van der Waals surface area contributed by atoms with Gasteiger partial charge in [0.25, 0.3) is 0 Å². The van der Waals surface area contributed by atoms with Crippen molar-refractivity contribution in [1.29, 1.82) is 0 Å². The van der Waals surface area contributed by atoms with Crippen LogP contribution in [0.5, 0.6) is 5.75 Å². The van der Waals surface area contributed by atoms with Gasteiger partial charge >= 0.3 is 0 Å². The number of benzene rings is 2. The zero-order valence-electron chi connectivity index (χ0n) is 12.9. The molecule has 1 atom stereocenters. The largest absolute Gasteiger partial charge is 0.491 e. The molecular weight excluding hydrogens is 260 g/mol. The highest BCUT2D eigenvalue weighted by molar-refractivity contribution is 5.28. The predicted octanol–water partition coefficient (Wildman–Crippen LogP) is 4.31. The van der Waals surface area contributed by atoms with Gasteiger partial charge in [0.1, 0.15) is 18.5 Å². The van der Waals surface area contributed by atoms with E-state index < -0.39 is 6.10 Å². The molecule has 2 aromatic rings. The molecule has 0 aromatic heterocycles. The topological polar surface area (TPSA) is 29.5 Å². The number of aliphatic hydroxyl groups excluding tert-OH is 1. The average molecular weight is 284 g/mol. The van der Waals surface area contributed by atoms with Crippen LogP contribution in [0.3, 0.4) is 0 Å². The molecule has 0 saturated carbocycles. The summed E-state index contributed by atoms with van der Waals surface area (Å²) in [5, 5.41) is 10.2. The Balaban J connectivity index is 1.88. The van der Waals surface area contributed by atoms with Crippen LogP contribution in [0, 0.1) is 0 Å². The second-order valence-corrected chi connectivity index (χ2v) is 5.32. The molecule has 0 heterocycles. The molecule has 21 heavy (non-hydrogen) atoms. The standard InChI is InChI=1S/C19H24O2/c1-3-5-16-8-12-18(13-9-16)21-14-19(20)17-10-6-15(4-2)7-11-17/h6-13,19-20H,3-5,14H2,1-2H3. The van der Waals surface area contributed by atoms with E-state index in [1.54, 1.807) is 0 Å². The van der Waals surface area contributed by atoms with Crippen LogP contribution in [0.4, 0.5) is 0 Å². The van der Waals surface area contributed by atoms with Crippen LogP contribution in [0.1, 0.15) is 43.1 Å². The summed E-state index contributed by atoms with van der Waals surface area (Å²) < 4.78 is 5.66. The van der Waals surface area contributed by atoms with Gasteiger partial charge in [0, 0.05) is 0 Å². The molecule has 0 aliphatic carbocycles. The van der Waals surface area contributed by atoms with Gasteiger partial charge in [-0.1, -0.05) is 56.7 Å². The van der Waals surface area contributed by atoms with E-state index in [9.17, 15) is 5.11 Å². The Morgan fingerprint density at radius 2 is 1.52 bits per heavy atom. The molecule has 0 bridgehead atoms. The summed E-state index contributed by atoms with van der Waals surface area (Å²) in [5.74, 6) is 0.805. The highest BCUT2D eigenvalue weighted by Crippen LogP contribution is 2.18. The number of hydrogen-bond donors (Lipinski definition) is 1. The molecule has 0 spiro atoms. The first-order valence-electron chi connectivity index (χ1n) is 7.71. The first-order chi connectivity index (χ1) is 10.2. The summed E-state index contributed by atoms with van der Waals surface area (Å²) in [7, 11) is 0. The number of aryl methyl sites for hydroxylation is 2. The van der Waals surface area contributed by atoms with Gasteiger partial charge in [0.05, 0.1) is 0 Å². The maximum atomic E-state index is 10.2. The van der Waals surface area contributed by atoms with Gasteiger partial charge in [-0.3, -0.25) is 0 Å². The van der Waals surface area contributed by atoms with Crippen LogP contribution in [-0.2, 0) is 12.8 Å². The molecule has 2 heteroatoms. The van der Waals surface area contributed by atoms with Crippen LogP contribution in [-0.4, -0.2) is 11.7 Å². The molecule has 112 valence electrons. The molecule has 2 rings (SSSR count). The van der Waals surface area contributed by atoms with E-state index in [1.165, 1.54) is 11.1 Å². The Bertz CT molecular complexity index is 528. The van der Waals surface area contributed by atoms with Gasteiger partial charge in [-0.15, -0.1) is 0 Å². The molecule has 0 aliphatic heterocycles. The van der Waals surface area contributed by atoms with Crippen LogP contribution in [0.2, 0.25) is 0 Å². The van der Waals surface area contributed by atoms with Gasteiger partial charge in [-0.25, -0.2) is 0 Å². The summed E-state index contributed by atoms with van der Waals surface area (Å²) >= 11 is 0. The quantitative estimate of drug-likeness (QED) is 0.820. The molecule has 0 saturated heterocycles. The highest BCUT2D eigenvalue weighted by atomic mass is 16.5. The predicted molar refractivity (Wildman–Crippen MR) is 86.7 cm³/mol.